The topological polar surface area (TPSA) is 207 Å². The maximum atomic E-state index is 12.9. The Hall–Kier alpha value is -2.87. The highest BCUT2D eigenvalue weighted by Crippen LogP contribution is 2.65. The van der Waals surface area contributed by atoms with Crippen LogP contribution in [0.15, 0.2) is 4.99 Å². The van der Waals surface area contributed by atoms with E-state index in [1.165, 1.54) is 6.92 Å². The Kier molecular flexibility index (Phi) is 9.29. The molecule has 2 bridgehead atoms. The molecule has 3 amide bonds. The largest absolute Gasteiger partial charge is 0.481 e. The third-order valence-corrected chi connectivity index (χ3v) is 8.38. The van der Waals surface area contributed by atoms with Crippen LogP contribution in [0.4, 0.5) is 0 Å². The quantitative estimate of drug-likeness (QED) is 0.0758. The Balaban J connectivity index is 1.62. The molecule has 0 radical (unpaired) electrons. The maximum Gasteiger partial charge on any atom is 0.481 e. The van der Waals surface area contributed by atoms with Crippen molar-refractivity contribution in [1.82, 2.24) is 16.0 Å². The molecular weight excluding hydrogens is 495 g/mol. The van der Waals surface area contributed by atoms with E-state index in [9.17, 15) is 19.2 Å². The predicted octanol–water partition coefficient (Wildman–Crippen LogP) is -0.722. The minimum absolute atomic E-state index is 0.0150. The highest BCUT2D eigenvalue weighted by atomic mass is 16.7. The molecule has 0 aromatic heterocycles. The first-order valence-corrected chi connectivity index (χ1v) is 13.2. The summed E-state index contributed by atoms with van der Waals surface area (Å²) in [4.78, 5) is 51.7. The predicted molar refractivity (Wildman–Crippen MR) is 139 cm³/mol. The molecule has 8 N–H and O–H groups in total. The maximum absolute atomic E-state index is 12.9. The van der Waals surface area contributed by atoms with E-state index in [-0.39, 0.29) is 36.9 Å². The van der Waals surface area contributed by atoms with Crippen LogP contribution in [0.3, 0.4) is 0 Å². The molecule has 0 spiro atoms. The van der Waals surface area contributed by atoms with Gasteiger partial charge in [0.15, 0.2) is 5.96 Å². The molecule has 3 aliphatic carbocycles. The molecule has 6 atom stereocenters. The highest BCUT2D eigenvalue weighted by molar-refractivity contribution is 6.47. The summed E-state index contributed by atoms with van der Waals surface area (Å²) < 4.78 is 12.9. The fourth-order valence-corrected chi connectivity index (χ4v) is 6.20. The van der Waals surface area contributed by atoms with Gasteiger partial charge in [0, 0.05) is 19.9 Å². The standard InChI is InChI=1S/C24H41BN6O7/c1-13(32)30-15(7-8-20(34)35)21(36)29-12-19(33)31-18(6-5-9-28-22(26)27)25-37-17-11-14-10-16(23(14,2)3)24(17,4)38-25/h14-18H,5-12H2,1-4H3,(H,29,36)(H,30,32)(H,31,33)(H,34,35)(H4,26,27,28)/t14-,15+,16-,17?,18+,24+/m1/s1. The second-order valence-electron chi connectivity index (χ2n) is 11.4. The summed E-state index contributed by atoms with van der Waals surface area (Å²) >= 11 is 0. The smallest absolute Gasteiger partial charge is 0.481 e. The second-order valence-corrected chi connectivity index (χ2v) is 11.4. The average Bonchev–Trinajstić information content (AvgIpc) is 3.18. The number of rotatable bonds is 13. The number of nitrogens with zero attached hydrogens (tertiary/aromatic N) is 1. The number of hydrogen-bond donors (Lipinski definition) is 6. The van der Waals surface area contributed by atoms with Crippen LogP contribution in [0.2, 0.25) is 0 Å². The van der Waals surface area contributed by atoms with E-state index in [2.05, 4.69) is 41.7 Å². The Bertz CT molecular complexity index is 959. The van der Waals surface area contributed by atoms with Crippen LogP contribution >= 0.6 is 0 Å². The molecule has 4 rings (SSSR count). The Labute approximate surface area is 223 Å². The van der Waals surface area contributed by atoms with Crippen molar-refractivity contribution in [2.45, 2.75) is 89.9 Å². The molecule has 4 fully saturated rings. The second kappa shape index (κ2) is 11.9. The Morgan fingerprint density at radius 2 is 1.84 bits per heavy atom. The van der Waals surface area contributed by atoms with Crippen LogP contribution in [0.5, 0.6) is 0 Å². The summed E-state index contributed by atoms with van der Waals surface area (Å²) in [5.41, 5.74) is 10.6. The molecule has 1 aliphatic heterocycles. The Morgan fingerprint density at radius 3 is 2.45 bits per heavy atom. The van der Waals surface area contributed by atoms with Gasteiger partial charge in [0.2, 0.25) is 17.7 Å². The number of aliphatic carboxylic acids is 1. The van der Waals surface area contributed by atoms with Crippen LogP contribution in [-0.2, 0) is 28.5 Å². The van der Waals surface area contributed by atoms with Gasteiger partial charge < -0.3 is 41.8 Å². The number of hydrogen-bond acceptors (Lipinski definition) is 7. The van der Waals surface area contributed by atoms with Gasteiger partial charge in [-0.3, -0.25) is 24.2 Å². The number of amides is 3. The molecule has 212 valence electrons. The van der Waals surface area contributed by atoms with Crippen molar-refractivity contribution in [2.24, 2.45) is 33.7 Å². The van der Waals surface area contributed by atoms with Crippen molar-refractivity contribution >= 4 is 36.8 Å². The van der Waals surface area contributed by atoms with Crippen molar-refractivity contribution < 1.29 is 33.6 Å². The zero-order chi connectivity index (χ0) is 28.3. The number of carboxylic acid groups (broad SMARTS) is 1. The number of nitrogens with two attached hydrogens (primary N) is 2. The summed E-state index contributed by atoms with van der Waals surface area (Å²) in [5.74, 6) is -2.27. The van der Waals surface area contributed by atoms with Crippen LogP contribution in [0.1, 0.15) is 66.2 Å². The van der Waals surface area contributed by atoms with Gasteiger partial charge in [0.25, 0.3) is 0 Å². The van der Waals surface area contributed by atoms with E-state index in [1.54, 1.807) is 0 Å². The summed E-state index contributed by atoms with van der Waals surface area (Å²) in [5, 5.41) is 16.7. The van der Waals surface area contributed by atoms with Crippen LogP contribution in [-0.4, -0.2) is 78.7 Å². The molecule has 38 heavy (non-hydrogen) atoms. The van der Waals surface area contributed by atoms with E-state index in [1.807, 2.05) is 0 Å². The number of carbonyl (C=O) groups is 4. The first kappa shape index (κ1) is 29.7. The van der Waals surface area contributed by atoms with Gasteiger partial charge in [-0.15, -0.1) is 0 Å². The van der Waals surface area contributed by atoms with Gasteiger partial charge >= 0.3 is 13.1 Å². The van der Waals surface area contributed by atoms with E-state index >= 15 is 0 Å². The number of guanidine groups is 1. The van der Waals surface area contributed by atoms with Gasteiger partial charge in [-0.2, -0.15) is 0 Å². The van der Waals surface area contributed by atoms with Crippen molar-refractivity contribution in [3.8, 4) is 0 Å². The molecule has 1 unspecified atom stereocenters. The van der Waals surface area contributed by atoms with Gasteiger partial charge in [-0.05, 0) is 56.3 Å². The lowest BCUT2D eigenvalue weighted by atomic mass is 9.43. The minimum atomic E-state index is -1.10. The van der Waals surface area contributed by atoms with Crippen molar-refractivity contribution in [3.05, 3.63) is 0 Å². The molecule has 0 aromatic rings. The van der Waals surface area contributed by atoms with E-state index in [4.69, 9.17) is 25.9 Å². The van der Waals surface area contributed by atoms with Crippen LogP contribution in [0.25, 0.3) is 0 Å². The molecule has 1 heterocycles. The third-order valence-electron chi connectivity index (χ3n) is 8.38. The fraction of sp³-hybridized carbons (Fsp3) is 0.792. The zero-order valence-electron chi connectivity index (χ0n) is 22.6. The van der Waals surface area contributed by atoms with Crippen molar-refractivity contribution in [2.75, 3.05) is 13.1 Å². The van der Waals surface area contributed by atoms with Crippen LogP contribution < -0.4 is 27.4 Å². The monoisotopic (exact) mass is 536 g/mol. The normalized spacial score (nSPS) is 28.2. The van der Waals surface area contributed by atoms with Gasteiger partial charge in [-0.1, -0.05) is 13.8 Å². The number of nitrogens with one attached hydrogen (secondary N) is 3. The lowest BCUT2D eigenvalue weighted by Crippen LogP contribution is -2.65. The molecular formula is C24H41BN6O7. The molecule has 1 saturated heterocycles. The number of carboxylic acids is 1. The summed E-state index contributed by atoms with van der Waals surface area (Å²) in [6, 6.07) is -1.06. The lowest BCUT2D eigenvalue weighted by Gasteiger charge is -2.64. The SMILES string of the molecule is CC(=O)N[C@@H](CCC(=O)O)C(=O)NCC(=O)N[C@@H](CCCN=C(N)N)B1OC2C[C@H]3C[C@H](C3(C)C)[C@]2(C)O1. The first-order valence-electron chi connectivity index (χ1n) is 13.2. The van der Waals surface area contributed by atoms with E-state index in [0.717, 1.165) is 12.8 Å². The molecule has 0 aromatic carbocycles. The Morgan fingerprint density at radius 1 is 1.13 bits per heavy atom. The molecule has 3 saturated carbocycles. The van der Waals surface area contributed by atoms with Gasteiger partial charge in [0.05, 0.1) is 24.2 Å². The first-order chi connectivity index (χ1) is 17.7. The number of carbonyl (C=O) groups excluding carboxylic acids is 3. The minimum Gasteiger partial charge on any atom is -0.481 e. The summed E-state index contributed by atoms with van der Waals surface area (Å²) in [7, 11) is -0.665. The third kappa shape index (κ3) is 6.76. The van der Waals surface area contributed by atoms with E-state index in [0.29, 0.717) is 31.2 Å². The van der Waals surface area contributed by atoms with Gasteiger partial charge in [0.1, 0.15) is 6.04 Å². The lowest BCUT2D eigenvalue weighted by molar-refractivity contribution is -0.199. The zero-order valence-corrected chi connectivity index (χ0v) is 22.6. The van der Waals surface area contributed by atoms with Gasteiger partial charge in [-0.25, -0.2) is 0 Å². The van der Waals surface area contributed by atoms with Crippen LogP contribution in [0, 0.1) is 17.3 Å². The molecule has 13 nitrogen and oxygen atoms in total. The number of aliphatic imine (C=N–C) groups is 1. The van der Waals surface area contributed by atoms with Crippen molar-refractivity contribution in [3.63, 3.8) is 0 Å². The molecule has 4 aliphatic rings. The average molecular weight is 536 g/mol. The highest BCUT2D eigenvalue weighted by Gasteiger charge is 2.68. The van der Waals surface area contributed by atoms with E-state index < -0.39 is 48.4 Å². The molecule has 14 heteroatoms. The fourth-order valence-electron chi connectivity index (χ4n) is 6.20. The summed E-state index contributed by atoms with van der Waals surface area (Å²) in [6.07, 6.45) is 2.58. The van der Waals surface area contributed by atoms with Crippen molar-refractivity contribution in [1.29, 1.82) is 0 Å². The summed E-state index contributed by atoms with van der Waals surface area (Å²) in [6.45, 7) is 7.87.